The highest BCUT2D eigenvalue weighted by atomic mass is 16.5. The predicted octanol–water partition coefficient (Wildman–Crippen LogP) is 3.90. The lowest BCUT2D eigenvalue weighted by atomic mass is 9.73. The summed E-state index contributed by atoms with van der Waals surface area (Å²) in [6.45, 7) is 5.30. The summed E-state index contributed by atoms with van der Waals surface area (Å²) in [5, 5.41) is 3.89. The fourth-order valence-electron chi connectivity index (χ4n) is 4.19. The van der Waals surface area contributed by atoms with Gasteiger partial charge >= 0.3 is 0 Å². The Balaban J connectivity index is 1.82. The molecule has 0 radical (unpaired) electrons. The van der Waals surface area contributed by atoms with Gasteiger partial charge in [-0.15, -0.1) is 0 Å². The average Bonchev–Trinajstić information content (AvgIpc) is 2.56. The summed E-state index contributed by atoms with van der Waals surface area (Å²) in [5.74, 6) is 1.48. The van der Waals surface area contributed by atoms with Crippen molar-refractivity contribution in [2.45, 2.75) is 57.4 Å². The van der Waals surface area contributed by atoms with Crippen LogP contribution in [0.2, 0.25) is 0 Å². The van der Waals surface area contributed by atoms with E-state index in [1.807, 2.05) is 0 Å². The molecule has 1 N–H and O–H groups in total. The van der Waals surface area contributed by atoms with Crippen LogP contribution in [0.15, 0.2) is 24.3 Å². The molecular weight excluding hydrogens is 258 g/mol. The molecule has 2 aliphatic rings. The number of fused-ring (bicyclic) bond motifs is 1. The van der Waals surface area contributed by atoms with E-state index in [2.05, 4.69) is 36.5 Å². The Morgan fingerprint density at radius 1 is 1.19 bits per heavy atom. The van der Waals surface area contributed by atoms with Gasteiger partial charge in [0.25, 0.3) is 0 Å². The predicted molar refractivity (Wildman–Crippen MR) is 87.7 cm³/mol. The van der Waals surface area contributed by atoms with Crippen LogP contribution in [-0.4, -0.2) is 25.8 Å². The molecule has 2 unspecified atom stereocenters. The van der Waals surface area contributed by atoms with E-state index in [1.165, 1.54) is 38.5 Å². The molecule has 1 saturated heterocycles. The molecule has 1 aliphatic heterocycles. The van der Waals surface area contributed by atoms with E-state index in [-0.39, 0.29) is 0 Å². The van der Waals surface area contributed by atoms with Crippen molar-refractivity contribution in [2.75, 3.05) is 19.8 Å². The Morgan fingerprint density at radius 2 is 2.00 bits per heavy atom. The van der Waals surface area contributed by atoms with E-state index in [1.54, 1.807) is 11.1 Å². The molecule has 2 nitrogen and oxygen atoms in total. The minimum Gasteiger partial charge on any atom is -0.381 e. The largest absolute Gasteiger partial charge is 0.381 e. The van der Waals surface area contributed by atoms with E-state index in [4.69, 9.17) is 4.74 Å². The normalized spacial score (nSPS) is 24.5. The molecule has 0 spiro atoms. The van der Waals surface area contributed by atoms with Crippen LogP contribution in [0.4, 0.5) is 0 Å². The van der Waals surface area contributed by atoms with Gasteiger partial charge in [-0.05, 0) is 68.0 Å². The van der Waals surface area contributed by atoms with Crippen molar-refractivity contribution in [3.8, 4) is 0 Å². The SMILES string of the molecule is CCCNC(C1CCOCC1)C1CCCc2ccccc21. The molecular formula is C19H29NO. The third kappa shape index (κ3) is 3.49. The van der Waals surface area contributed by atoms with Gasteiger partial charge < -0.3 is 10.1 Å². The van der Waals surface area contributed by atoms with Crippen LogP contribution in [-0.2, 0) is 11.2 Å². The molecule has 0 saturated carbocycles. The monoisotopic (exact) mass is 287 g/mol. The number of rotatable bonds is 5. The van der Waals surface area contributed by atoms with Gasteiger partial charge in [-0.25, -0.2) is 0 Å². The van der Waals surface area contributed by atoms with Gasteiger partial charge in [0.1, 0.15) is 0 Å². The number of benzene rings is 1. The maximum atomic E-state index is 5.58. The summed E-state index contributed by atoms with van der Waals surface area (Å²) < 4.78 is 5.58. The van der Waals surface area contributed by atoms with Crippen LogP contribution in [0, 0.1) is 5.92 Å². The second-order valence-electron chi connectivity index (χ2n) is 6.63. The maximum Gasteiger partial charge on any atom is 0.0469 e. The van der Waals surface area contributed by atoms with Crippen molar-refractivity contribution in [3.05, 3.63) is 35.4 Å². The fraction of sp³-hybridized carbons (Fsp3) is 0.684. The summed E-state index contributed by atoms with van der Waals surface area (Å²) in [5.41, 5.74) is 3.20. The lowest BCUT2D eigenvalue weighted by molar-refractivity contribution is 0.0488. The first-order chi connectivity index (χ1) is 10.4. The number of nitrogens with one attached hydrogen (secondary N) is 1. The molecule has 0 aromatic heterocycles. The number of hydrogen-bond acceptors (Lipinski definition) is 2. The second kappa shape index (κ2) is 7.42. The number of hydrogen-bond donors (Lipinski definition) is 1. The first-order valence-corrected chi connectivity index (χ1v) is 8.79. The highest BCUT2D eigenvalue weighted by Gasteiger charge is 2.33. The Bertz CT molecular complexity index is 439. The lowest BCUT2D eigenvalue weighted by Crippen LogP contribution is -2.44. The molecule has 116 valence electrons. The van der Waals surface area contributed by atoms with Crippen LogP contribution in [0.3, 0.4) is 0 Å². The van der Waals surface area contributed by atoms with Gasteiger partial charge in [0.05, 0.1) is 0 Å². The summed E-state index contributed by atoms with van der Waals surface area (Å²) in [6, 6.07) is 9.76. The van der Waals surface area contributed by atoms with E-state index in [9.17, 15) is 0 Å². The van der Waals surface area contributed by atoms with Crippen LogP contribution in [0.25, 0.3) is 0 Å². The van der Waals surface area contributed by atoms with E-state index in [0.717, 1.165) is 25.7 Å². The van der Waals surface area contributed by atoms with Crippen LogP contribution >= 0.6 is 0 Å². The smallest absolute Gasteiger partial charge is 0.0469 e. The Kier molecular flexibility index (Phi) is 5.32. The highest BCUT2D eigenvalue weighted by Crippen LogP contribution is 2.38. The zero-order chi connectivity index (χ0) is 14.5. The molecule has 21 heavy (non-hydrogen) atoms. The van der Waals surface area contributed by atoms with Gasteiger partial charge in [-0.2, -0.15) is 0 Å². The van der Waals surface area contributed by atoms with Gasteiger partial charge in [0, 0.05) is 19.3 Å². The molecule has 2 heteroatoms. The lowest BCUT2D eigenvalue weighted by Gasteiger charge is -2.39. The molecule has 3 rings (SSSR count). The maximum absolute atomic E-state index is 5.58. The van der Waals surface area contributed by atoms with Crippen molar-refractivity contribution < 1.29 is 4.74 Å². The van der Waals surface area contributed by atoms with Crippen molar-refractivity contribution in [3.63, 3.8) is 0 Å². The van der Waals surface area contributed by atoms with Crippen molar-refractivity contribution in [1.82, 2.24) is 5.32 Å². The standard InChI is InChI=1S/C19H29NO/c1-2-12-20-19(16-10-13-21-14-11-16)18-9-5-7-15-6-3-4-8-17(15)18/h3-4,6,8,16,18-20H,2,5,7,9-14H2,1H3. The van der Waals surface area contributed by atoms with Crippen LogP contribution in [0.1, 0.15) is 56.1 Å². The second-order valence-corrected chi connectivity index (χ2v) is 6.63. The Hall–Kier alpha value is -0.860. The van der Waals surface area contributed by atoms with Gasteiger partial charge in [-0.1, -0.05) is 31.2 Å². The first kappa shape index (κ1) is 15.1. The number of aryl methyl sites for hydroxylation is 1. The molecule has 1 aromatic rings. The zero-order valence-corrected chi connectivity index (χ0v) is 13.3. The summed E-state index contributed by atoms with van der Waals surface area (Å²) in [7, 11) is 0. The van der Waals surface area contributed by atoms with Crippen molar-refractivity contribution in [2.24, 2.45) is 5.92 Å². The van der Waals surface area contributed by atoms with Crippen molar-refractivity contribution >= 4 is 0 Å². The molecule has 1 aromatic carbocycles. The van der Waals surface area contributed by atoms with Gasteiger partial charge in [0.2, 0.25) is 0 Å². The Labute approximate surface area is 129 Å². The minimum absolute atomic E-state index is 0.635. The number of ether oxygens (including phenoxy) is 1. The zero-order valence-electron chi connectivity index (χ0n) is 13.3. The van der Waals surface area contributed by atoms with Crippen LogP contribution < -0.4 is 5.32 Å². The van der Waals surface area contributed by atoms with E-state index >= 15 is 0 Å². The molecule has 1 aliphatic carbocycles. The van der Waals surface area contributed by atoms with E-state index in [0.29, 0.717) is 12.0 Å². The Morgan fingerprint density at radius 3 is 2.81 bits per heavy atom. The van der Waals surface area contributed by atoms with Gasteiger partial charge in [-0.3, -0.25) is 0 Å². The molecule has 1 heterocycles. The fourth-order valence-corrected chi connectivity index (χ4v) is 4.19. The average molecular weight is 287 g/mol. The molecule has 0 bridgehead atoms. The van der Waals surface area contributed by atoms with Gasteiger partial charge in [0.15, 0.2) is 0 Å². The summed E-state index contributed by atoms with van der Waals surface area (Å²) in [4.78, 5) is 0. The quantitative estimate of drug-likeness (QED) is 0.887. The third-order valence-corrected chi connectivity index (χ3v) is 5.25. The minimum atomic E-state index is 0.635. The molecule has 0 amide bonds. The van der Waals surface area contributed by atoms with Crippen molar-refractivity contribution in [1.29, 1.82) is 0 Å². The highest BCUT2D eigenvalue weighted by molar-refractivity contribution is 5.34. The molecule has 2 atom stereocenters. The third-order valence-electron chi connectivity index (χ3n) is 5.25. The summed E-state index contributed by atoms with van der Waals surface area (Å²) >= 11 is 0. The summed E-state index contributed by atoms with van der Waals surface area (Å²) in [6.07, 6.45) is 7.61. The molecule has 1 fully saturated rings. The van der Waals surface area contributed by atoms with Crippen LogP contribution in [0.5, 0.6) is 0 Å². The topological polar surface area (TPSA) is 21.3 Å². The van der Waals surface area contributed by atoms with E-state index < -0.39 is 0 Å². The first-order valence-electron chi connectivity index (χ1n) is 8.79.